The van der Waals surface area contributed by atoms with Crippen molar-refractivity contribution in [2.45, 2.75) is 49.7 Å². The zero-order chi connectivity index (χ0) is 18.9. The summed E-state index contributed by atoms with van der Waals surface area (Å²) in [6.07, 6.45) is 5.62. The number of likely N-dealkylation sites (N-methyl/N-ethyl adjacent to an activating group) is 1. The Balaban J connectivity index is 1.75. The van der Waals surface area contributed by atoms with Gasteiger partial charge in [-0.05, 0) is 43.7 Å². The Morgan fingerprint density at radius 1 is 1.23 bits per heavy atom. The van der Waals surface area contributed by atoms with E-state index in [1.165, 1.54) is 12.8 Å². The van der Waals surface area contributed by atoms with E-state index in [9.17, 15) is 18.0 Å². The first-order valence-electron chi connectivity index (χ1n) is 8.90. The van der Waals surface area contributed by atoms with E-state index < -0.39 is 32.9 Å². The molecule has 2 heterocycles. The van der Waals surface area contributed by atoms with Crippen LogP contribution in [0.5, 0.6) is 0 Å². The van der Waals surface area contributed by atoms with E-state index in [2.05, 4.69) is 0 Å². The van der Waals surface area contributed by atoms with E-state index in [1.54, 1.807) is 11.9 Å². The molecule has 2 aliphatic rings. The Morgan fingerprint density at radius 3 is 2.54 bits per heavy atom. The first-order chi connectivity index (χ1) is 12.3. The van der Waals surface area contributed by atoms with Gasteiger partial charge in [0.2, 0.25) is 16.8 Å². The van der Waals surface area contributed by atoms with Gasteiger partial charge in [-0.15, -0.1) is 0 Å². The lowest BCUT2D eigenvalue weighted by atomic mass is 10.1. The monoisotopic (exact) mass is 384 g/mol. The molecular formula is C17H24N2O6S. The minimum absolute atomic E-state index is 0.206. The number of amides is 1. The molecule has 1 aromatic rings. The molecule has 1 atom stereocenters. The van der Waals surface area contributed by atoms with Crippen LogP contribution >= 0.6 is 0 Å². The number of carboxylic acid groups (broad SMARTS) is 1. The van der Waals surface area contributed by atoms with Crippen LogP contribution in [0.15, 0.2) is 21.6 Å². The first kappa shape index (κ1) is 18.9. The highest BCUT2D eigenvalue weighted by atomic mass is 32.2. The van der Waals surface area contributed by atoms with Crippen molar-refractivity contribution in [1.29, 1.82) is 0 Å². The summed E-state index contributed by atoms with van der Waals surface area (Å²) >= 11 is 0. The van der Waals surface area contributed by atoms with Crippen molar-refractivity contribution in [3.8, 4) is 0 Å². The molecule has 0 spiro atoms. The van der Waals surface area contributed by atoms with Crippen molar-refractivity contribution < 1.29 is 27.5 Å². The summed E-state index contributed by atoms with van der Waals surface area (Å²) in [6.45, 7) is 0.867. The number of sulfonamides is 1. The highest BCUT2D eigenvalue weighted by molar-refractivity contribution is 7.89. The fraction of sp³-hybridized carbons (Fsp3) is 0.647. The van der Waals surface area contributed by atoms with E-state index in [4.69, 9.17) is 9.52 Å². The predicted molar refractivity (Wildman–Crippen MR) is 92.2 cm³/mol. The standard InChI is InChI=1S/C17H24N2O6S/c1-18(11-12-5-2-3-6-12)16(20)13-7-4-10-19(13)26(23,24)15-9-8-14(25-15)17(21)22/h8-9,12-13H,2-7,10-11H2,1H3,(H,21,22). The molecule has 1 N–H and O–H groups in total. The van der Waals surface area contributed by atoms with Crippen molar-refractivity contribution in [2.24, 2.45) is 5.92 Å². The maximum absolute atomic E-state index is 12.8. The summed E-state index contributed by atoms with van der Waals surface area (Å²) in [5.74, 6) is -1.50. The van der Waals surface area contributed by atoms with Crippen LogP contribution in [0.3, 0.4) is 0 Å². The number of rotatable bonds is 6. The molecule has 9 heteroatoms. The first-order valence-corrected chi connectivity index (χ1v) is 10.3. The van der Waals surface area contributed by atoms with Gasteiger partial charge in [0, 0.05) is 20.1 Å². The van der Waals surface area contributed by atoms with Crippen LogP contribution in [-0.2, 0) is 14.8 Å². The van der Waals surface area contributed by atoms with Gasteiger partial charge < -0.3 is 14.4 Å². The molecule has 1 aliphatic carbocycles. The number of hydrogen-bond donors (Lipinski definition) is 1. The predicted octanol–water partition coefficient (Wildman–Crippen LogP) is 1.78. The van der Waals surface area contributed by atoms with Gasteiger partial charge in [-0.1, -0.05) is 12.8 Å². The third-order valence-corrected chi connectivity index (χ3v) is 7.01. The van der Waals surface area contributed by atoms with Gasteiger partial charge in [-0.3, -0.25) is 4.79 Å². The summed E-state index contributed by atoms with van der Waals surface area (Å²) in [5.41, 5.74) is 0. The summed E-state index contributed by atoms with van der Waals surface area (Å²) in [6, 6.07) is 1.47. The second-order valence-corrected chi connectivity index (χ2v) is 8.89. The quantitative estimate of drug-likeness (QED) is 0.801. The summed E-state index contributed by atoms with van der Waals surface area (Å²) in [5, 5.41) is 8.48. The zero-order valence-corrected chi connectivity index (χ0v) is 15.6. The molecule has 26 heavy (non-hydrogen) atoms. The third kappa shape index (κ3) is 3.64. The Kier molecular flexibility index (Phi) is 5.38. The van der Waals surface area contributed by atoms with Crippen LogP contribution in [0.1, 0.15) is 49.1 Å². The molecule has 1 saturated heterocycles. The molecule has 1 unspecified atom stereocenters. The van der Waals surface area contributed by atoms with E-state index >= 15 is 0 Å². The minimum atomic E-state index is -4.05. The van der Waals surface area contributed by atoms with Gasteiger partial charge in [0.05, 0.1) is 0 Å². The lowest BCUT2D eigenvalue weighted by Gasteiger charge is -2.28. The van der Waals surface area contributed by atoms with Crippen molar-refractivity contribution in [3.05, 3.63) is 17.9 Å². The third-order valence-electron chi connectivity index (χ3n) is 5.23. The van der Waals surface area contributed by atoms with E-state index in [1.807, 2.05) is 0 Å². The molecule has 8 nitrogen and oxygen atoms in total. The highest BCUT2D eigenvalue weighted by Crippen LogP contribution is 2.30. The number of nitrogens with zero attached hydrogens (tertiary/aromatic N) is 2. The Morgan fingerprint density at radius 2 is 1.92 bits per heavy atom. The molecule has 144 valence electrons. The van der Waals surface area contributed by atoms with Gasteiger partial charge in [0.15, 0.2) is 0 Å². The van der Waals surface area contributed by atoms with E-state index in [0.29, 0.717) is 25.3 Å². The topological polar surface area (TPSA) is 108 Å². The second-order valence-electron chi connectivity index (χ2n) is 7.07. The van der Waals surface area contributed by atoms with Crippen molar-refractivity contribution >= 4 is 21.9 Å². The van der Waals surface area contributed by atoms with Gasteiger partial charge in [0.1, 0.15) is 6.04 Å². The average Bonchev–Trinajstić information content (AvgIpc) is 3.33. The minimum Gasteiger partial charge on any atom is -0.475 e. The second kappa shape index (κ2) is 7.40. The fourth-order valence-electron chi connectivity index (χ4n) is 3.89. The van der Waals surface area contributed by atoms with Crippen molar-refractivity contribution in [2.75, 3.05) is 20.1 Å². The van der Waals surface area contributed by atoms with E-state index in [0.717, 1.165) is 29.3 Å². The highest BCUT2D eigenvalue weighted by Gasteiger charge is 2.42. The molecule has 1 saturated carbocycles. The zero-order valence-electron chi connectivity index (χ0n) is 14.8. The Labute approximate surface area is 152 Å². The molecule has 0 radical (unpaired) electrons. The SMILES string of the molecule is CN(CC1CCCC1)C(=O)C1CCCN1S(=O)(=O)c1ccc(C(=O)O)o1. The lowest BCUT2D eigenvalue weighted by molar-refractivity contribution is -0.133. The van der Waals surface area contributed by atoms with Gasteiger partial charge in [0.25, 0.3) is 10.0 Å². The molecule has 0 bridgehead atoms. The van der Waals surface area contributed by atoms with Gasteiger partial charge in [-0.25, -0.2) is 13.2 Å². The smallest absolute Gasteiger partial charge is 0.371 e. The number of carboxylic acids is 1. The Hall–Kier alpha value is -1.87. The molecule has 1 aliphatic heterocycles. The van der Waals surface area contributed by atoms with Crippen LogP contribution in [0.2, 0.25) is 0 Å². The molecule has 1 aromatic heterocycles. The van der Waals surface area contributed by atoms with Crippen LogP contribution in [0, 0.1) is 5.92 Å². The number of aromatic carboxylic acids is 1. The van der Waals surface area contributed by atoms with Crippen LogP contribution in [0.4, 0.5) is 0 Å². The van der Waals surface area contributed by atoms with Gasteiger partial charge >= 0.3 is 5.97 Å². The van der Waals surface area contributed by atoms with Crippen LogP contribution < -0.4 is 0 Å². The number of furan rings is 1. The van der Waals surface area contributed by atoms with Crippen molar-refractivity contribution in [3.63, 3.8) is 0 Å². The summed E-state index contributed by atoms with van der Waals surface area (Å²) < 4.78 is 31.7. The fourth-order valence-corrected chi connectivity index (χ4v) is 5.45. The maximum Gasteiger partial charge on any atom is 0.371 e. The largest absolute Gasteiger partial charge is 0.475 e. The molecular weight excluding hydrogens is 360 g/mol. The number of hydrogen-bond acceptors (Lipinski definition) is 5. The molecule has 1 amide bonds. The van der Waals surface area contributed by atoms with Crippen LogP contribution in [0.25, 0.3) is 0 Å². The van der Waals surface area contributed by atoms with Crippen molar-refractivity contribution in [1.82, 2.24) is 9.21 Å². The number of carbonyl (C=O) groups is 2. The molecule has 2 fully saturated rings. The molecule has 0 aromatic carbocycles. The van der Waals surface area contributed by atoms with E-state index in [-0.39, 0.29) is 12.5 Å². The molecule has 3 rings (SSSR count). The van der Waals surface area contributed by atoms with Crippen LogP contribution in [-0.4, -0.2) is 60.8 Å². The Bertz CT molecular complexity index is 781. The normalized spacial score (nSPS) is 22.0. The summed E-state index contributed by atoms with van der Waals surface area (Å²) in [4.78, 5) is 25.4. The maximum atomic E-state index is 12.8. The number of carbonyl (C=O) groups excluding carboxylic acids is 1. The average molecular weight is 384 g/mol. The van der Waals surface area contributed by atoms with Gasteiger partial charge in [-0.2, -0.15) is 4.31 Å². The summed E-state index contributed by atoms with van der Waals surface area (Å²) in [7, 11) is -2.33. The lowest BCUT2D eigenvalue weighted by Crippen LogP contribution is -2.47.